The van der Waals surface area contributed by atoms with E-state index in [2.05, 4.69) is 18.2 Å². The van der Waals surface area contributed by atoms with Gasteiger partial charge in [-0.2, -0.15) is 0 Å². The minimum Gasteiger partial charge on any atom is -0.508 e. The van der Waals surface area contributed by atoms with Gasteiger partial charge in [-0.1, -0.05) is 54.6 Å². The van der Waals surface area contributed by atoms with Crippen LogP contribution in [0.25, 0.3) is 21.7 Å². The van der Waals surface area contributed by atoms with Crippen LogP contribution in [-0.4, -0.2) is 10.1 Å². The highest BCUT2D eigenvalue weighted by atomic mass is 16.3. The number of phenolic OH excluding ortho intramolecular Hbond substituents is 1. The molecule has 0 saturated heterocycles. The third-order valence-corrected chi connectivity index (χ3v) is 4.03. The van der Waals surface area contributed by atoms with Gasteiger partial charge in [0.25, 0.3) is 0 Å². The molecule has 1 heterocycles. The smallest absolute Gasteiger partial charge is 0.119 e. The maximum Gasteiger partial charge on any atom is 0.119 e. The van der Waals surface area contributed by atoms with Crippen molar-refractivity contribution in [3.05, 3.63) is 84.1 Å². The lowest BCUT2D eigenvalue weighted by molar-refractivity contribution is 0.470. The fourth-order valence-electron chi connectivity index (χ4n) is 2.90. The minimum atomic E-state index is 0.327. The van der Waals surface area contributed by atoms with Crippen LogP contribution in [-0.2, 0) is 6.42 Å². The van der Waals surface area contributed by atoms with Crippen LogP contribution in [0.1, 0.15) is 11.3 Å². The van der Waals surface area contributed by atoms with Crippen LogP contribution in [0.2, 0.25) is 0 Å². The molecule has 22 heavy (non-hydrogen) atoms. The van der Waals surface area contributed by atoms with Crippen molar-refractivity contribution >= 4 is 21.7 Å². The van der Waals surface area contributed by atoms with Crippen molar-refractivity contribution in [3.63, 3.8) is 0 Å². The maximum atomic E-state index is 10.3. The zero-order valence-electron chi connectivity index (χ0n) is 12.0. The van der Waals surface area contributed by atoms with Crippen LogP contribution in [0.3, 0.4) is 0 Å². The molecule has 0 fully saturated rings. The van der Waals surface area contributed by atoms with Gasteiger partial charge in [0.05, 0.1) is 5.52 Å². The van der Waals surface area contributed by atoms with E-state index in [1.165, 1.54) is 0 Å². The van der Waals surface area contributed by atoms with Gasteiger partial charge in [-0.3, -0.25) is 4.98 Å². The molecule has 2 heteroatoms. The molecule has 1 N–H and O–H groups in total. The molecule has 0 radical (unpaired) electrons. The van der Waals surface area contributed by atoms with E-state index in [9.17, 15) is 5.11 Å². The summed E-state index contributed by atoms with van der Waals surface area (Å²) in [6, 6.07) is 24.0. The van der Waals surface area contributed by atoms with E-state index in [0.717, 1.165) is 32.9 Å². The molecule has 0 amide bonds. The Morgan fingerprint density at radius 1 is 0.727 bits per heavy atom. The molecular formula is C20H15NO. The Kier molecular flexibility index (Phi) is 3.01. The summed E-state index contributed by atoms with van der Waals surface area (Å²) < 4.78 is 0. The van der Waals surface area contributed by atoms with Gasteiger partial charge in [0.1, 0.15) is 5.75 Å². The van der Waals surface area contributed by atoms with Crippen molar-refractivity contribution in [3.8, 4) is 5.75 Å². The molecule has 0 aliphatic heterocycles. The molecule has 0 spiro atoms. The van der Waals surface area contributed by atoms with Crippen LogP contribution in [0.5, 0.6) is 5.75 Å². The molecule has 0 bridgehead atoms. The standard InChI is InChI=1S/C20H15NO/c22-20-12-10-14-5-1-3-7-17(14)18(20)13-16-11-9-15-6-2-4-8-19(15)21-16/h1-12,22H,13H2. The molecule has 0 atom stereocenters. The topological polar surface area (TPSA) is 33.1 Å². The van der Waals surface area contributed by atoms with E-state index in [1.54, 1.807) is 6.07 Å². The second-order valence-corrected chi connectivity index (χ2v) is 5.46. The molecule has 0 aliphatic rings. The number of nitrogens with zero attached hydrogens (tertiary/aromatic N) is 1. The molecular weight excluding hydrogens is 270 g/mol. The van der Waals surface area contributed by atoms with Crippen LogP contribution >= 0.6 is 0 Å². The first-order chi connectivity index (χ1) is 10.8. The molecule has 2 nitrogen and oxygen atoms in total. The fourth-order valence-corrected chi connectivity index (χ4v) is 2.90. The van der Waals surface area contributed by atoms with Crippen molar-refractivity contribution < 1.29 is 5.11 Å². The molecule has 1 aromatic heterocycles. The number of aromatic nitrogens is 1. The number of phenols is 1. The minimum absolute atomic E-state index is 0.327. The van der Waals surface area contributed by atoms with E-state index in [-0.39, 0.29) is 0 Å². The first-order valence-electron chi connectivity index (χ1n) is 7.35. The van der Waals surface area contributed by atoms with Crippen LogP contribution in [0.4, 0.5) is 0 Å². The van der Waals surface area contributed by atoms with Gasteiger partial charge in [-0.15, -0.1) is 0 Å². The summed E-state index contributed by atoms with van der Waals surface area (Å²) in [7, 11) is 0. The van der Waals surface area contributed by atoms with Gasteiger partial charge in [0.2, 0.25) is 0 Å². The van der Waals surface area contributed by atoms with Crippen molar-refractivity contribution in [1.29, 1.82) is 0 Å². The Labute approximate surface area is 128 Å². The lowest BCUT2D eigenvalue weighted by atomic mass is 9.99. The van der Waals surface area contributed by atoms with Gasteiger partial charge in [-0.05, 0) is 29.0 Å². The number of aromatic hydroxyl groups is 1. The molecule has 4 rings (SSSR count). The summed E-state index contributed by atoms with van der Waals surface area (Å²) in [5.41, 5.74) is 2.88. The number of hydrogen-bond acceptors (Lipinski definition) is 2. The highest BCUT2D eigenvalue weighted by Crippen LogP contribution is 2.29. The third-order valence-electron chi connectivity index (χ3n) is 4.03. The number of hydrogen-bond donors (Lipinski definition) is 1. The molecule has 106 valence electrons. The Morgan fingerprint density at radius 2 is 1.45 bits per heavy atom. The highest BCUT2D eigenvalue weighted by Gasteiger charge is 2.09. The Hall–Kier alpha value is -2.87. The molecule has 0 unspecified atom stereocenters. The predicted molar refractivity (Wildman–Crippen MR) is 90.2 cm³/mol. The van der Waals surface area contributed by atoms with E-state index in [1.807, 2.05) is 48.5 Å². The first-order valence-corrected chi connectivity index (χ1v) is 7.35. The van der Waals surface area contributed by atoms with Crippen molar-refractivity contribution in [2.75, 3.05) is 0 Å². The quantitative estimate of drug-likeness (QED) is 0.580. The van der Waals surface area contributed by atoms with Crippen molar-refractivity contribution in [2.24, 2.45) is 0 Å². The molecule has 4 aromatic rings. The Balaban J connectivity index is 1.83. The Bertz CT molecular complexity index is 975. The lowest BCUT2D eigenvalue weighted by Gasteiger charge is -2.09. The van der Waals surface area contributed by atoms with Crippen molar-refractivity contribution in [2.45, 2.75) is 6.42 Å². The van der Waals surface area contributed by atoms with Gasteiger partial charge in [-0.25, -0.2) is 0 Å². The summed E-state index contributed by atoms with van der Waals surface area (Å²) in [5, 5.41) is 13.6. The van der Waals surface area contributed by atoms with E-state index < -0.39 is 0 Å². The summed E-state index contributed by atoms with van der Waals surface area (Å²) in [6.45, 7) is 0. The zero-order valence-corrected chi connectivity index (χ0v) is 12.0. The van der Waals surface area contributed by atoms with Gasteiger partial charge in [0, 0.05) is 23.1 Å². The number of pyridine rings is 1. The van der Waals surface area contributed by atoms with Crippen LogP contribution in [0.15, 0.2) is 72.8 Å². The van der Waals surface area contributed by atoms with E-state index in [0.29, 0.717) is 12.2 Å². The normalized spacial score (nSPS) is 11.1. The second kappa shape index (κ2) is 5.15. The average Bonchev–Trinajstić information content (AvgIpc) is 2.57. The third kappa shape index (κ3) is 2.19. The lowest BCUT2D eigenvalue weighted by Crippen LogP contribution is -1.94. The van der Waals surface area contributed by atoms with Gasteiger partial charge in [0.15, 0.2) is 0 Å². The monoisotopic (exact) mass is 285 g/mol. The predicted octanol–water partition coefficient (Wildman–Crippen LogP) is 4.68. The highest BCUT2D eigenvalue weighted by molar-refractivity contribution is 5.88. The summed E-state index contributed by atoms with van der Waals surface area (Å²) >= 11 is 0. The number of rotatable bonds is 2. The summed E-state index contributed by atoms with van der Waals surface area (Å²) in [5.74, 6) is 0.327. The van der Waals surface area contributed by atoms with Gasteiger partial charge >= 0.3 is 0 Å². The second-order valence-electron chi connectivity index (χ2n) is 5.46. The molecule has 0 aliphatic carbocycles. The fraction of sp³-hybridized carbons (Fsp3) is 0.0500. The SMILES string of the molecule is Oc1ccc2ccccc2c1Cc1ccc2ccccc2n1. The van der Waals surface area contributed by atoms with Crippen molar-refractivity contribution in [1.82, 2.24) is 4.98 Å². The van der Waals surface area contributed by atoms with Crippen LogP contribution in [0, 0.1) is 0 Å². The van der Waals surface area contributed by atoms with E-state index >= 15 is 0 Å². The van der Waals surface area contributed by atoms with E-state index in [4.69, 9.17) is 4.98 Å². The number of para-hydroxylation sites is 1. The Morgan fingerprint density at radius 3 is 2.36 bits per heavy atom. The number of fused-ring (bicyclic) bond motifs is 2. The van der Waals surface area contributed by atoms with Crippen LogP contribution < -0.4 is 0 Å². The largest absolute Gasteiger partial charge is 0.508 e. The molecule has 0 saturated carbocycles. The first kappa shape index (κ1) is 12.8. The number of benzene rings is 3. The average molecular weight is 285 g/mol. The zero-order chi connectivity index (χ0) is 14.9. The summed E-state index contributed by atoms with van der Waals surface area (Å²) in [4.78, 5) is 4.71. The summed E-state index contributed by atoms with van der Waals surface area (Å²) in [6.07, 6.45) is 0.623. The van der Waals surface area contributed by atoms with Gasteiger partial charge < -0.3 is 5.11 Å². The maximum absolute atomic E-state index is 10.3. The molecule has 3 aromatic carbocycles.